The first-order valence-electron chi connectivity index (χ1n) is 6.37. The Labute approximate surface area is 107 Å². The second kappa shape index (κ2) is 6.26. The van der Waals surface area contributed by atoms with E-state index in [0.29, 0.717) is 0 Å². The fraction of sp³-hybridized carbons (Fsp3) is 0.462. The molecular formula is C13H19N5. The largest absolute Gasteiger partial charge is 0.334 e. The summed E-state index contributed by atoms with van der Waals surface area (Å²) in [6.45, 7) is 6.09. The number of imidazole rings is 1. The van der Waals surface area contributed by atoms with Gasteiger partial charge in [-0.2, -0.15) is 0 Å². The van der Waals surface area contributed by atoms with Crippen LogP contribution >= 0.6 is 0 Å². The summed E-state index contributed by atoms with van der Waals surface area (Å²) in [6.07, 6.45) is 10.1. The Bertz CT molecular complexity index is 465. The molecule has 5 nitrogen and oxygen atoms in total. The number of nitrogens with one attached hydrogen (secondary N) is 1. The van der Waals surface area contributed by atoms with Crippen molar-refractivity contribution in [3.8, 4) is 0 Å². The van der Waals surface area contributed by atoms with E-state index in [4.69, 9.17) is 0 Å². The molecule has 18 heavy (non-hydrogen) atoms. The van der Waals surface area contributed by atoms with Crippen molar-refractivity contribution in [1.82, 2.24) is 24.8 Å². The molecule has 0 bridgehead atoms. The van der Waals surface area contributed by atoms with Crippen LogP contribution in [0.15, 0.2) is 31.0 Å². The second-order valence-corrected chi connectivity index (χ2v) is 4.09. The van der Waals surface area contributed by atoms with Crippen LogP contribution < -0.4 is 5.32 Å². The first-order valence-corrected chi connectivity index (χ1v) is 6.37. The zero-order valence-electron chi connectivity index (χ0n) is 10.9. The normalized spacial score (nSPS) is 12.6. The zero-order chi connectivity index (χ0) is 12.8. The predicted molar refractivity (Wildman–Crippen MR) is 70.1 cm³/mol. The van der Waals surface area contributed by atoms with Crippen LogP contribution in [0.4, 0.5) is 0 Å². The molecule has 0 spiro atoms. The topological polar surface area (TPSA) is 55.6 Å². The van der Waals surface area contributed by atoms with E-state index in [2.05, 4.69) is 38.7 Å². The Morgan fingerprint density at radius 2 is 2.11 bits per heavy atom. The molecule has 0 fully saturated rings. The molecule has 0 amide bonds. The van der Waals surface area contributed by atoms with Crippen molar-refractivity contribution in [3.05, 3.63) is 42.5 Å². The molecule has 96 valence electrons. The Kier molecular flexibility index (Phi) is 4.41. The molecular weight excluding hydrogens is 226 g/mol. The molecule has 0 radical (unpaired) electrons. The van der Waals surface area contributed by atoms with Crippen LogP contribution in [0.2, 0.25) is 0 Å². The number of aryl methyl sites for hydroxylation is 1. The highest BCUT2D eigenvalue weighted by molar-refractivity contribution is 5.15. The van der Waals surface area contributed by atoms with Gasteiger partial charge in [0.25, 0.3) is 0 Å². The summed E-state index contributed by atoms with van der Waals surface area (Å²) in [5.41, 5.74) is 0.909. The van der Waals surface area contributed by atoms with Gasteiger partial charge in [-0.05, 0) is 19.9 Å². The first-order chi connectivity index (χ1) is 8.86. The number of aromatic nitrogens is 4. The Balaban J connectivity index is 2.31. The summed E-state index contributed by atoms with van der Waals surface area (Å²) in [5, 5.41) is 3.48. The van der Waals surface area contributed by atoms with E-state index >= 15 is 0 Å². The van der Waals surface area contributed by atoms with Gasteiger partial charge in [0, 0.05) is 31.3 Å². The molecule has 0 saturated carbocycles. The van der Waals surface area contributed by atoms with Crippen molar-refractivity contribution in [2.75, 3.05) is 6.54 Å². The van der Waals surface area contributed by atoms with Crippen LogP contribution in [-0.2, 0) is 6.54 Å². The van der Waals surface area contributed by atoms with Gasteiger partial charge in [0.1, 0.15) is 11.9 Å². The monoisotopic (exact) mass is 245 g/mol. The lowest BCUT2D eigenvalue weighted by molar-refractivity contribution is 0.530. The van der Waals surface area contributed by atoms with Gasteiger partial charge in [0.05, 0.1) is 11.9 Å². The quantitative estimate of drug-likeness (QED) is 0.843. The molecule has 0 aliphatic rings. The van der Waals surface area contributed by atoms with Crippen LogP contribution in [0.1, 0.15) is 37.8 Å². The van der Waals surface area contributed by atoms with Crippen LogP contribution in [0.25, 0.3) is 0 Å². The highest BCUT2D eigenvalue weighted by Gasteiger charge is 2.19. The molecule has 0 aromatic carbocycles. The van der Waals surface area contributed by atoms with Gasteiger partial charge in [0.15, 0.2) is 0 Å². The fourth-order valence-corrected chi connectivity index (χ4v) is 1.92. The van der Waals surface area contributed by atoms with Crippen LogP contribution in [0, 0.1) is 0 Å². The Morgan fingerprint density at radius 3 is 2.78 bits per heavy atom. The van der Waals surface area contributed by atoms with Crippen LogP contribution in [-0.4, -0.2) is 26.1 Å². The van der Waals surface area contributed by atoms with E-state index in [1.807, 2.05) is 12.4 Å². The average molecular weight is 245 g/mol. The molecule has 2 aromatic rings. The summed E-state index contributed by atoms with van der Waals surface area (Å²) >= 11 is 0. The van der Waals surface area contributed by atoms with Crippen molar-refractivity contribution >= 4 is 0 Å². The number of nitrogens with zero attached hydrogens (tertiary/aromatic N) is 4. The molecule has 2 heterocycles. The molecule has 2 aromatic heterocycles. The maximum absolute atomic E-state index is 4.45. The van der Waals surface area contributed by atoms with Gasteiger partial charge in [-0.3, -0.25) is 9.97 Å². The highest BCUT2D eigenvalue weighted by atomic mass is 15.1. The highest BCUT2D eigenvalue weighted by Crippen LogP contribution is 2.18. The standard InChI is InChI=1S/C13H19N5/c1-3-5-16-12(11-10-14-6-7-15-11)13-17-8-9-18(13)4-2/h6-10,12,16H,3-5H2,1-2H3. The zero-order valence-corrected chi connectivity index (χ0v) is 10.9. The lowest BCUT2D eigenvalue weighted by Gasteiger charge is -2.18. The SMILES string of the molecule is CCCNC(c1cnccn1)c1nccn1CC. The summed E-state index contributed by atoms with van der Waals surface area (Å²) in [5.74, 6) is 0.992. The lowest BCUT2D eigenvalue weighted by atomic mass is 10.2. The van der Waals surface area contributed by atoms with Gasteiger partial charge >= 0.3 is 0 Å². The minimum Gasteiger partial charge on any atom is -0.334 e. The third-order valence-electron chi connectivity index (χ3n) is 2.82. The molecule has 0 saturated heterocycles. The van der Waals surface area contributed by atoms with Crippen molar-refractivity contribution in [3.63, 3.8) is 0 Å². The van der Waals surface area contributed by atoms with E-state index in [0.717, 1.165) is 31.0 Å². The van der Waals surface area contributed by atoms with Crippen molar-refractivity contribution in [1.29, 1.82) is 0 Å². The van der Waals surface area contributed by atoms with E-state index < -0.39 is 0 Å². The van der Waals surface area contributed by atoms with Gasteiger partial charge in [-0.15, -0.1) is 0 Å². The number of hydrogen-bond acceptors (Lipinski definition) is 4. The number of hydrogen-bond donors (Lipinski definition) is 1. The Hall–Kier alpha value is -1.75. The summed E-state index contributed by atoms with van der Waals surface area (Å²) in [6, 6.07) is 0.00796. The van der Waals surface area contributed by atoms with E-state index in [1.165, 1.54) is 0 Å². The van der Waals surface area contributed by atoms with Crippen LogP contribution in [0.3, 0.4) is 0 Å². The third-order valence-corrected chi connectivity index (χ3v) is 2.82. The number of rotatable bonds is 6. The first kappa shape index (κ1) is 12.7. The molecule has 5 heteroatoms. The molecule has 1 atom stereocenters. The molecule has 1 unspecified atom stereocenters. The van der Waals surface area contributed by atoms with Crippen molar-refractivity contribution in [2.24, 2.45) is 0 Å². The molecule has 0 aliphatic carbocycles. The van der Waals surface area contributed by atoms with Crippen molar-refractivity contribution in [2.45, 2.75) is 32.9 Å². The van der Waals surface area contributed by atoms with Gasteiger partial charge < -0.3 is 9.88 Å². The maximum Gasteiger partial charge on any atom is 0.132 e. The molecule has 1 N–H and O–H groups in total. The van der Waals surface area contributed by atoms with Crippen molar-refractivity contribution < 1.29 is 0 Å². The minimum atomic E-state index is 0.00796. The van der Waals surface area contributed by atoms with E-state index in [9.17, 15) is 0 Å². The molecule has 0 aliphatic heterocycles. The average Bonchev–Trinajstić information content (AvgIpc) is 2.89. The van der Waals surface area contributed by atoms with E-state index in [1.54, 1.807) is 18.6 Å². The Morgan fingerprint density at radius 1 is 1.22 bits per heavy atom. The summed E-state index contributed by atoms with van der Waals surface area (Å²) in [7, 11) is 0. The minimum absolute atomic E-state index is 0.00796. The lowest BCUT2D eigenvalue weighted by Crippen LogP contribution is -2.27. The van der Waals surface area contributed by atoms with E-state index in [-0.39, 0.29) is 6.04 Å². The summed E-state index contributed by atoms with van der Waals surface area (Å²) in [4.78, 5) is 13.0. The summed E-state index contributed by atoms with van der Waals surface area (Å²) < 4.78 is 2.13. The fourth-order valence-electron chi connectivity index (χ4n) is 1.92. The predicted octanol–water partition coefficient (Wildman–Crippen LogP) is 1.78. The van der Waals surface area contributed by atoms with Gasteiger partial charge in [-0.25, -0.2) is 4.98 Å². The maximum atomic E-state index is 4.45. The van der Waals surface area contributed by atoms with Gasteiger partial charge in [0.2, 0.25) is 0 Å². The van der Waals surface area contributed by atoms with Gasteiger partial charge in [-0.1, -0.05) is 6.92 Å². The smallest absolute Gasteiger partial charge is 0.132 e. The molecule has 2 rings (SSSR count). The second-order valence-electron chi connectivity index (χ2n) is 4.09. The third kappa shape index (κ3) is 2.73. The van der Waals surface area contributed by atoms with Crippen LogP contribution in [0.5, 0.6) is 0 Å².